The van der Waals surface area contributed by atoms with Crippen molar-refractivity contribution in [3.8, 4) is 21.8 Å². The van der Waals surface area contributed by atoms with Crippen LogP contribution in [0.15, 0.2) is 48.7 Å². The van der Waals surface area contributed by atoms with Crippen LogP contribution in [0.1, 0.15) is 22.3 Å². The van der Waals surface area contributed by atoms with Gasteiger partial charge in [0.15, 0.2) is 6.29 Å². The summed E-state index contributed by atoms with van der Waals surface area (Å²) in [5.41, 5.74) is 3.17. The standard InChI is InChI=1S/C18H14N2O2S/c1-12(22)9-15-10-14(7-8-19-15)18-20-17(16(11-21)23-18)13-5-3-2-4-6-13/h2-8,10-11H,9H2,1H3. The molecular formula is C18H14N2O2S. The summed E-state index contributed by atoms with van der Waals surface area (Å²) in [5, 5.41) is 0.748. The molecule has 0 aliphatic rings. The molecule has 3 rings (SSSR count). The Kier molecular flexibility index (Phi) is 4.39. The molecule has 0 aliphatic heterocycles. The molecule has 2 heterocycles. The van der Waals surface area contributed by atoms with Crippen molar-refractivity contribution < 1.29 is 9.59 Å². The number of pyridine rings is 1. The molecule has 0 atom stereocenters. The summed E-state index contributed by atoms with van der Waals surface area (Å²) in [7, 11) is 0. The maximum absolute atomic E-state index is 11.4. The molecule has 0 aliphatic carbocycles. The van der Waals surface area contributed by atoms with Gasteiger partial charge < -0.3 is 0 Å². The second-order valence-corrected chi connectivity index (χ2v) is 6.16. The lowest BCUT2D eigenvalue weighted by atomic mass is 10.1. The predicted molar refractivity (Wildman–Crippen MR) is 90.6 cm³/mol. The molecule has 4 nitrogen and oxygen atoms in total. The second kappa shape index (κ2) is 6.62. The minimum Gasteiger partial charge on any atom is -0.300 e. The summed E-state index contributed by atoms with van der Waals surface area (Å²) in [6.45, 7) is 1.54. The van der Waals surface area contributed by atoms with Crippen molar-refractivity contribution in [2.24, 2.45) is 0 Å². The highest BCUT2D eigenvalue weighted by Gasteiger charge is 2.14. The van der Waals surface area contributed by atoms with Gasteiger partial charge in [-0.05, 0) is 19.1 Å². The lowest BCUT2D eigenvalue weighted by Gasteiger charge is -2.00. The Hall–Kier alpha value is -2.66. The van der Waals surface area contributed by atoms with E-state index < -0.39 is 0 Å². The van der Waals surface area contributed by atoms with Gasteiger partial charge in [-0.3, -0.25) is 14.6 Å². The Labute approximate surface area is 137 Å². The molecule has 5 heteroatoms. The number of hydrogen-bond donors (Lipinski definition) is 0. The smallest absolute Gasteiger partial charge is 0.162 e. The Morgan fingerprint density at radius 3 is 2.65 bits per heavy atom. The van der Waals surface area contributed by atoms with Crippen molar-refractivity contribution in [1.82, 2.24) is 9.97 Å². The second-order valence-electron chi connectivity index (χ2n) is 5.13. The van der Waals surface area contributed by atoms with Crippen LogP contribution in [0.5, 0.6) is 0 Å². The van der Waals surface area contributed by atoms with Crippen LogP contribution in [-0.2, 0) is 11.2 Å². The first-order chi connectivity index (χ1) is 11.2. The SMILES string of the molecule is CC(=O)Cc1cc(-c2nc(-c3ccccc3)c(C=O)s2)ccn1. The maximum Gasteiger partial charge on any atom is 0.162 e. The van der Waals surface area contributed by atoms with E-state index in [1.54, 1.807) is 6.20 Å². The predicted octanol–water partition coefficient (Wildman–Crippen LogP) is 3.82. The first kappa shape index (κ1) is 15.2. The van der Waals surface area contributed by atoms with E-state index >= 15 is 0 Å². The first-order valence-corrected chi connectivity index (χ1v) is 7.95. The number of aromatic nitrogens is 2. The third-order valence-electron chi connectivity index (χ3n) is 3.30. The van der Waals surface area contributed by atoms with Crippen LogP contribution < -0.4 is 0 Å². The van der Waals surface area contributed by atoms with Gasteiger partial charge in [0.05, 0.1) is 10.6 Å². The molecule has 0 amide bonds. The van der Waals surface area contributed by atoms with E-state index in [9.17, 15) is 9.59 Å². The molecule has 0 N–H and O–H groups in total. The lowest BCUT2D eigenvalue weighted by molar-refractivity contribution is -0.116. The number of thiazole rings is 1. The van der Waals surface area contributed by atoms with Crippen LogP contribution in [0.25, 0.3) is 21.8 Å². The van der Waals surface area contributed by atoms with Crippen LogP contribution in [-0.4, -0.2) is 22.0 Å². The molecule has 0 radical (unpaired) electrons. The van der Waals surface area contributed by atoms with Gasteiger partial charge in [-0.25, -0.2) is 4.98 Å². The number of benzene rings is 1. The van der Waals surface area contributed by atoms with Crippen molar-refractivity contribution in [2.45, 2.75) is 13.3 Å². The van der Waals surface area contributed by atoms with Gasteiger partial charge in [0.1, 0.15) is 10.8 Å². The third kappa shape index (κ3) is 3.40. The first-order valence-electron chi connectivity index (χ1n) is 7.13. The Morgan fingerprint density at radius 2 is 1.96 bits per heavy atom. The number of carbonyl (C=O) groups is 2. The molecule has 23 heavy (non-hydrogen) atoms. The molecule has 0 bridgehead atoms. The van der Waals surface area contributed by atoms with E-state index in [0.29, 0.717) is 22.7 Å². The molecular weight excluding hydrogens is 308 g/mol. The summed E-state index contributed by atoms with van der Waals surface area (Å²) in [6, 6.07) is 13.3. The van der Waals surface area contributed by atoms with Crippen LogP contribution in [0.2, 0.25) is 0 Å². The molecule has 0 spiro atoms. The minimum atomic E-state index is 0.0624. The number of rotatable bonds is 5. The topological polar surface area (TPSA) is 59.9 Å². The quantitative estimate of drug-likeness (QED) is 0.670. The zero-order chi connectivity index (χ0) is 16.2. The van der Waals surface area contributed by atoms with E-state index in [4.69, 9.17) is 0 Å². The number of hydrogen-bond acceptors (Lipinski definition) is 5. The highest BCUT2D eigenvalue weighted by molar-refractivity contribution is 7.17. The van der Waals surface area contributed by atoms with E-state index in [0.717, 1.165) is 22.4 Å². The van der Waals surface area contributed by atoms with Gasteiger partial charge in [0.2, 0.25) is 0 Å². The Morgan fingerprint density at radius 1 is 1.17 bits per heavy atom. The zero-order valence-electron chi connectivity index (χ0n) is 12.5. The molecule has 0 fully saturated rings. The fraction of sp³-hybridized carbons (Fsp3) is 0.111. The normalized spacial score (nSPS) is 10.5. The van der Waals surface area contributed by atoms with E-state index in [2.05, 4.69) is 9.97 Å². The van der Waals surface area contributed by atoms with Crippen LogP contribution in [0.4, 0.5) is 0 Å². The fourth-order valence-electron chi connectivity index (χ4n) is 2.30. The third-order valence-corrected chi connectivity index (χ3v) is 4.33. The number of Topliss-reactive ketones (excluding diaryl/α,β-unsaturated/α-hetero) is 1. The Balaban J connectivity index is 2.03. The van der Waals surface area contributed by atoms with E-state index in [1.807, 2.05) is 42.5 Å². The molecule has 1 aromatic carbocycles. The number of carbonyl (C=O) groups excluding carboxylic acids is 2. The van der Waals surface area contributed by atoms with Crippen LogP contribution in [0.3, 0.4) is 0 Å². The van der Waals surface area contributed by atoms with E-state index in [1.165, 1.54) is 18.3 Å². The van der Waals surface area contributed by atoms with Crippen LogP contribution in [0, 0.1) is 0 Å². The van der Waals surface area contributed by atoms with Crippen molar-refractivity contribution in [3.63, 3.8) is 0 Å². The number of nitrogens with zero attached hydrogens (tertiary/aromatic N) is 2. The summed E-state index contributed by atoms with van der Waals surface area (Å²) in [6.07, 6.45) is 2.80. The maximum atomic E-state index is 11.4. The van der Waals surface area contributed by atoms with Gasteiger partial charge >= 0.3 is 0 Å². The summed E-state index contributed by atoms with van der Waals surface area (Å²) in [4.78, 5) is 32.0. The molecule has 114 valence electrons. The van der Waals surface area contributed by atoms with Crippen molar-refractivity contribution >= 4 is 23.4 Å². The Bertz CT molecular complexity index is 856. The van der Waals surface area contributed by atoms with Crippen molar-refractivity contribution in [3.05, 3.63) is 59.2 Å². The van der Waals surface area contributed by atoms with Gasteiger partial charge in [0.25, 0.3) is 0 Å². The molecule has 2 aromatic heterocycles. The van der Waals surface area contributed by atoms with Crippen molar-refractivity contribution in [1.29, 1.82) is 0 Å². The zero-order valence-corrected chi connectivity index (χ0v) is 13.3. The van der Waals surface area contributed by atoms with Gasteiger partial charge in [-0.1, -0.05) is 30.3 Å². The molecule has 0 unspecified atom stereocenters. The number of aldehydes is 1. The molecule has 0 saturated carbocycles. The van der Waals surface area contributed by atoms with Crippen molar-refractivity contribution in [2.75, 3.05) is 0 Å². The highest BCUT2D eigenvalue weighted by atomic mass is 32.1. The lowest BCUT2D eigenvalue weighted by Crippen LogP contribution is -1.98. The average molecular weight is 322 g/mol. The minimum absolute atomic E-state index is 0.0624. The molecule has 0 saturated heterocycles. The largest absolute Gasteiger partial charge is 0.300 e. The summed E-state index contributed by atoms with van der Waals surface area (Å²) < 4.78 is 0. The monoisotopic (exact) mass is 322 g/mol. The fourth-order valence-corrected chi connectivity index (χ4v) is 3.20. The van der Waals surface area contributed by atoms with Gasteiger partial charge in [-0.15, -0.1) is 11.3 Å². The van der Waals surface area contributed by atoms with E-state index in [-0.39, 0.29) is 5.78 Å². The molecule has 3 aromatic rings. The van der Waals surface area contributed by atoms with Gasteiger partial charge in [-0.2, -0.15) is 0 Å². The number of ketones is 1. The summed E-state index contributed by atoms with van der Waals surface area (Å²) in [5.74, 6) is 0.0624. The summed E-state index contributed by atoms with van der Waals surface area (Å²) >= 11 is 1.34. The average Bonchev–Trinajstić information content (AvgIpc) is 3.00. The highest BCUT2D eigenvalue weighted by Crippen LogP contribution is 2.32. The van der Waals surface area contributed by atoms with Gasteiger partial charge in [0, 0.05) is 29.4 Å². The van der Waals surface area contributed by atoms with Crippen LogP contribution >= 0.6 is 11.3 Å².